The van der Waals surface area contributed by atoms with Crippen molar-refractivity contribution in [1.29, 1.82) is 0 Å². The molecule has 3 aromatic rings. The van der Waals surface area contributed by atoms with Gasteiger partial charge in [0.2, 0.25) is 5.91 Å². The number of nitrogens with one attached hydrogen (secondary N) is 1. The largest absolute Gasteiger partial charge is 0.496 e. The van der Waals surface area contributed by atoms with E-state index in [0.717, 1.165) is 11.1 Å². The second kappa shape index (κ2) is 12.1. The van der Waals surface area contributed by atoms with E-state index in [1.54, 1.807) is 36.4 Å². The fraction of sp³-hybridized carbons (Fsp3) is 0.154. The third kappa shape index (κ3) is 6.91. The third-order valence-electron chi connectivity index (χ3n) is 4.87. The molecule has 0 saturated carbocycles. The van der Waals surface area contributed by atoms with E-state index in [1.807, 2.05) is 12.1 Å². The first kappa shape index (κ1) is 25.9. The number of carbonyl (C=O) groups excluding carboxylic acids is 2. The number of benzene rings is 3. The number of ether oxygens (including phenoxy) is 4. The second-order valence-electron chi connectivity index (χ2n) is 7.17. The molecule has 0 atom stereocenters. The minimum Gasteiger partial charge on any atom is -0.496 e. The van der Waals surface area contributed by atoms with Gasteiger partial charge in [-0.05, 0) is 47.5 Å². The Kier molecular flexibility index (Phi) is 9.00. The number of hydrogen-bond acceptors (Lipinski definition) is 6. The van der Waals surface area contributed by atoms with Crippen LogP contribution in [0.1, 0.15) is 21.5 Å². The molecule has 3 rings (SSSR count). The molecule has 9 heteroatoms. The van der Waals surface area contributed by atoms with Gasteiger partial charge in [0.1, 0.15) is 17.9 Å². The summed E-state index contributed by atoms with van der Waals surface area (Å²) in [7, 11) is 4.19. The van der Waals surface area contributed by atoms with Gasteiger partial charge in [-0.1, -0.05) is 41.4 Å². The number of rotatable bonds is 9. The lowest BCUT2D eigenvalue weighted by molar-refractivity contribution is -0.111. The monoisotopic (exact) mass is 515 g/mol. The van der Waals surface area contributed by atoms with Gasteiger partial charge in [0.05, 0.1) is 32.0 Å². The number of carbonyl (C=O) groups is 2. The Labute approximate surface area is 213 Å². The molecule has 7 nitrogen and oxygen atoms in total. The van der Waals surface area contributed by atoms with Gasteiger partial charge in [-0.2, -0.15) is 0 Å². The highest BCUT2D eigenvalue weighted by Crippen LogP contribution is 2.32. The van der Waals surface area contributed by atoms with Crippen LogP contribution in [0.2, 0.25) is 10.0 Å². The Morgan fingerprint density at radius 1 is 0.886 bits per heavy atom. The molecule has 0 saturated heterocycles. The van der Waals surface area contributed by atoms with Crippen molar-refractivity contribution in [2.75, 3.05) is 26.6 Å². The summed E-state index contributed by atoms with van der Waals surface area (Å²) >= 11 is 12.1. The number of anilines is 1. The fourth-order valence-electron chi connectivity index (χ4n) is 3.08. The van der Waals surface area contributed by atoms with Gasteiger partial charge in [0.25, 0.3) is 0 Å². The zero-order valence-corrected chi connectivity index (χ0v) is 20.8. The van der Waals surface area contributed by atoms with E-state index >= 15 is 0 Å². The first-order valence-corrected chi connectivity index (χ1v) is 11.1. The van der Waals surface area contributed by atoms with Crippen molar-refractivity contribution in [3.63, 3.8) is 0 Å². The molecule has 0 aliphatic rings. The third-order valence-corrected chi connectivity index (χ3v) is 5.44. The summed E-state index contributed by atoms with van der Waals surface area (Å²) in [5.74, 6) is 0.277. The van der Waals surface area contributed by atoms with Gasteiger partial charge >= 0.3 is 5.97 Å². The lowest BCUT2D eigenvalue weighted by Crippen LogP contribution is -2.10. The lowest BCUT2D eigenvalue weighted by Gasteiger charge is -2.12. The maximum atomic E-state index is 12.5. The number of hydrogen-bond donors (Lipinski definition) is 1. The molecule has 1 N–H and O–H groups in total. The smallest absolute Gasteiger partial charge is 0.341 e. The van der Waals surface area contributed by atoms with E-state index < -0.39 is 11.9 Å². The van der Waals surface area contributed by atoms with Crippen LogP contribution in [0.3, 0.4) is 0 Å². The van der Waals surface area contributed by atoms with Crippen LogP contribution in [0.4, 0.5) is 5.69 Å². The fourth-order valence-corrected chi connectivity index (χ4v) is 3.42. The first-order chi connectivity index (χ1) is 16.8. The summed E-state index contributed by atoms with van der Waals surface area (Å²) < 4.78 is 21.2. The molecule has 0 aromatic heterocycles. The molecule has 0 aliphatic carbocycles. The Balaban J connectivity index is 1.68. The SMILES string of the molecule is COC(=O)c1cc(Cl)c(NC(=O)/C=C/c2ccc(OCc3ccc(Cl)cc3)c(OC)c2)cc1OC. The van der Waals surface area contributed by atoms with E-state index in [-0.39, 0.29) is 22.0 Å². The van der Waals surface area contributed by atoms with E-state index in [2.05, 4.69) is 5.32 Å². The van der Waals surface area contributed by atoms with E-state index in [9.17, 15) is 9.59 Å². The molecule has 0 aliphatic heterocycles. The average molecular weight is 516 g/mol. The van der Waals surface area contributed by atoms with Crippen LogP contribution in [-0.4, -0.2) is 33.2 Å². The van der Waals surface area contributed by atoms with Crippen LogP contribution in [-0.2, 0) is 16.1 Å². The topological polar surface area (TPSA) is 83.1 Å². The van der Waals surface area contributed by atoms with E-state index in [0.29, 0.717) is 23.1 Å². The first-order valence-electron chi connectivity index (χ1n) is 10.3. The average Bonchev–Trinajstić information content (AvgIpc) is 2.87. The van der Waals surface area contributed by atoms with Gasteiger partial charge in [-0.25, -0.2) is 4.79 Å². The number of esters is 1. The molecule has 0 fully saturated rings. The highest BCUT2D eigenvalue weighted by Gasteiger charge is 2.17. The molecular weight excluding hydrogens is 493 g/mol. The molecule has 0 bridgehead atoms. The van der Waals surface area contributed by atoms with Crippen molar-refractivity contribution in [2.24, 2.45) is 0 Å². The van der Waals surface area contributed by atoms with Crippen LogP contribution in [0.15, 0.2) is 60.7 Å². The van der Waals surface area contributed by atoms with Crippen molar-refractivity contribution >= 4 is 46.8 Å². The van der Waals surface area contributed by atoms with Crippen LogP contribution >= 0.6 is 23.2 Å². The molecule has 0 spiro atoms. The highest BCUT2D eigenvalue weighted by molar-refractivity contribution is 6.34. The van der Waals surface area contributed by atoms with Gasteiger partial charge < -0.3 is 24.3 Å². The maximum Gasteiger partial charge on any atom is 0.341 e. The van der Waals surface area contributed by atoms with Gasteiger partial charge in [-0.15, -0.1) is 0 Å². The lowest BCUT2D eigenvalue weighted by atomic mass is 10.1. The summed E-state index contributed by atoms with van der Waals surface area (Å²) in [6, 6.07) is 15.5. The molecule has 3 aromatic carbocycles. The van der Waals surface area contributed by atoms with Crippen molar-refractivity contribution in [1.82, 2.24) is 0 Å². The van der Waals surface area contributed by atoms with Crippen molar-refractivity contribution in [3.05, 3.63) is 87.4 Å². The molecule has 1 amide bonds. The van der Waals surface area contributed by atoms with Crippen molar-refractivity contribution < 1.29 is 28.5 Å². The zero-order chi connectivity index (χ0) is 25.4. The Bertz CT molecular complexity index is 1240. The zero-order valence-electron chi connectivity index (χ0n) is 19.3. The van der Waals surface area contributed by atoms with Gasteiger partial charge in [0.15, 0.2) is 11.5 Å². The van der Waals surface area contributed by atoms with Gasteiger partial charge in [0, 0.05) is 17.2 Å². The van der Waals surface area contributed by atoms with Gasteiger partial charge in [-0.3, -0.25) is 4.79 Å². The minimum atomic E-state index is -0.601. The van der Waals surface area contributed by atoms with E-state index in [1.165, 1.54) is 39.5 Å². The molecule has 0 radical (unpaired) electrons. The second-order valence-corrected chi connectivity index (χ2v) is 8.02. The van der Waals surface area contributed by atoms with Crippen LogP contribution in [0.5, 0.6) is 17.2 Å². The normalized spacial score (nSPS) is 10.7. The van der Waals surface area contributed by atoms with Crippen LogP contribution < -0.4 is 19.5 Å². The van der Waals surface area contributed by atoms with Crippen molar-refractivity contribution in [3.8, 4) is 17.2 Å². The summed E-state index contributed by atoms with van der Waals surface area (Å²) in [5, 5.41) is 3.49. The summed E-state index contributed by atoms with van der Waals surface area (Å²) in [4.78, 5) is 24.3. The predicted molar refractivity (Wildman–Crippen MR) is 136 cm³/mol. The minimum absolute atomic E-state index is 0.152. The number of halogens is 2. The Morgan fingerprint density at radius 2 is 1.60 bits per heavy atom. The van der Waals surface area contributed by atoms with Crippen LogP contribution in [0, 0.1) is 0 Å². The summed E-state index contributed by atoms with van der Waals surface area (Å²) in [6.45, 7) is 0.351. The number of methoxy groups -OCH3 is 3. The molecule has 0 unspecified atom stereocenters. The molecular formula is C26H23Cl2NO6. The predicted octanol–water partition coefficient (Wildman–Crippen LogP) is 6.03. The Morgan fingerprint density at radius 3 is 2.26 bits per heavy atom. The maximum absolute atomic E-state index is 12.5. The van der Waals surface area contributed by atoms with Crippen molar-refractivity contribution in [2.45, 2.75) is 6.61 Å². The van der Waals surface area contributed by atoms with E-state index in [4.69, 9.17) is 42.1 Å². The Hall–Kier alpha value is -3.68. The molecule has 182 valence electrons. The standard InChI is InChI=1S/C26H23Cl2NO6/c1-32-23-14-21(20(28)13-19(23)26(31)34-3)29-25(30)11-7-16-6-10-22(24(12-16)33-2)35-15-17-4-8-18(27)9-5-17/h4-14H,15H2,1-3H3,(H,29,30)/b11-7+. The summed E-state index contributed by atoms with van der Waals surface area (Å²) in [6.07, 6.45) is 2.97. The molecule has 0 heterocycles. The quantitative estimate of drug-likeness (QED) is 0.276. The number of amides is 1. The van der Waals surface area contributed by atoms with Crippen LogP contribution in [0.25, 0.3) is 6.08 Å². The molecule has 35 heavy (non-hydrogen) atoms. The summed E-state index contributed by atoms with van der Waals surface area (Å²) in [5.41, 5.74) is 2.13. The highest BCUT2D eigenvalue weighted by atomic mass is 35.5.